The number of nitrogens with one attached hydrogen (secondary N) is 1. The molecule has 0 atom stereocenters. The molecule has 0 aliphatic heterocycles. The number of hydrogen-bond acceptors (Lipinski definition) is 6. The second kappa shape index (κ2) is 10.8. The van der Waals surface area contributed by atoms with Crippen molar-refractivity contribution in [2.24, 2.45) is 5.14 Å². The maximum atomic E-state index is 13.0. The zero-order valence-corrected chi connectivity index (χ0v) is 21.5. The van der Waals surface area contributed by atoms with E-state index < -0.39 is 31.7 Å². The lowest BCUT2D eigenvalue weighted by molar-refractivity contribution is 0.0804. The summed E-state index contributed by atoms with van der Waals surface area (Å²) in [5.74, 6) is -0.313. The summed E-state index contributed by atoms with van der Waals surface area (Å²) in [4.78, 5) is 13.9. The maximum Gasteiger partial charge on any atom is 0.261 e. The van der Waals surface area contributed by atoms with Crippen LogP contribution in [0.25, 0.3) is 0 Å². The Morgan fingerprint density at radius 2 is 1.66 bits per heavy atom. The number of primary sulfonamides is 1. The molecule has 3 N–H and O–H groups in total. The lowest BCUT2D eigenvalue weighted by atomic mass is 10.1. The molecule has 0 aromatic heterocycles. The van der Waals surface area contributed by atoms with Crippen LogP contribution >= 0.6 is 23.2 Å². The molecule has 35 heavy (non-hydrogen) atoms. The highest BCUT2D eigenvalue weighted by Crippen LogP contribution is 2.30. The number of nitrogens with zero attached hydrogens (tertiary/aromatic N) is 1. The predicted octanol–water partition coefficient (Wildman–Crippen LogP) is 3.95. The van der Waals surface area contributed by atoms with E-state index in [9.17, 15) is 21.6 Å². The van der Waals surface area contributed by atoms with Gasteiger partial charge in [-0.1, -0.05) is 35.3 Å². The number of benzene rings is 3. The van der Waals surface area contributed by atoms with Gasteiger partial charge in [-0.2, -0.15) is 0 Å². The minimum atomic E-state index is -4.10. The van der Waals surface area contributed by atoms with E-state index in [0.29, 0.717) is 16.5 Å². The zero-order valence-electron chi connectivity index (χ0n) is 18.3. The quantitative estimate of drug-likeness (QED) is 0.408. The summed E-state index contributed by atoms with van der Waals surface area (Å²) >= 11 is 12.1. The van der Waals surface area contributed by atoms with Crippen molar-refractivity contribution >= 4 is 54.8 Å². The van der Waals surface area contributed by atoms with Gasteiger partial charge in [0, 0.05) is 18.6 Å². The molecular formula is C22H21Cl2N3O6S2. The van der Waals surface area contributed by atoms with E-state index in [1.54, 1.807) is 24.3 Å². The van der Waals surface area contributed by atoms with Crippen LogP contribution in [0.1, 0.15) is 10.4 Å². The van der Waals surface area contributed by atoms with Crippen LogP contribution in [0.15, 0.2) is 71.6 Å². The number of anilines is 1. The number of halogens is 2. The average Bonchev–Trinajstić information content (AvgIpc) is 2.79. The van der Waals surface area contributed by atoms with E-state index in [0.717, 1.165) is 4.90 Å². The van der Waals surface area contributed by atoms with Crippen molar-refractivity contribution in [1.82, 2.24) is 4.90 Å². The van der Waals surface area contributed by atoms with Gasteiger partial charge in [-0.25, -0.2) is 22.0 Å². The number of rotatable bonds is 9. The second-order valence-corrected chi connectivity index (χ2v) is 11.7. The van der Waals surface area contributed by atoms with Crippen molar-refractivity contribution in [1.29, 1.82) is 0 Å². The lowest BCUT2D eigenvalue weighted by Crippen LogP contribution is -2.34. The Labute approximate surface area is 213 Å². The summed E-state index contributed by atoms with van der Waals surface area (Å²) in [6.45, 7) is -0.191. The smallest absolute Gasteiger partial charge is 0.261 e. The topological polar surface area (TPSA) is 136 Å². The average molecular weight is 558 g/mol. The summed E-state index contributed by atoms with van der Waals surface area (Å²) in [7, 11) is -6.53. The molecule has 0 heterocycles. The Morgan fingerprint density at radius 1 is 1.00 bits per heavy atom. The number of carbonyl (C=O) groups is 1. The highest BCUT2D eigenvalue weighted by atomic mass is 35.5. The third-order valence-corrected chi connectivity index (χ3v) is 7.39. The number of para-hydroxylation sites is 1. The van der Waals surface area contributed by atoms with Crippen LogP contribution in [0.4, 0.5) is 5.69 Å². The molecule has 0 radical (unpaired) electrons. The van der Waals surface area contributed by atoms with Gasteiger partial charge < -0.3 is 9.64 Å². The molecule has 0 unspecified atom stereocenters. The van der Waals surface area contributed by atoms with E-state index in [-0.39, 0.29) is 27.7 Å². The largest absolute Gasteiger partial charge is 0.456 e. The fourth-order valence-corrected chi connectivity index (χ4v) is 4.85. The van der Waals surface area contributed by atoms with Crippen LogP contribution in [0.3, 0.4) is 0 Å². The SMILES string of the molecule is CN(CCS(N)(=O)=O)C(=O)c1cc(Cl)ccc1NS(=O)(=O)c1ccc(Oc2ccccc2Cl)cc1. The first-order chi connectivity index (χ1) is 16.4. The fraction of sp³-hybridized carbons (Fsp3) is 0.136. The normalized spacial score (nSPS) is 11.7. The molecule has 0 aliphatic rings. The van der Waals surface area contributed by atoms with Crippen molar-refractivity contribution in [2.45, 2.75) is 4.90 Å². The molecule has 0 aliphatic carbocycles. The molecule has 3 aromatic rings. The summed E-state index contributed by atoms with van der Waals surface area (Å²) < 4.78 is 56.4. The lowest BCUT2D eigenvalue weighted by Gasteiger charge is -2.19. The van der Waals surface area contributed by atoms with E-state index >= 15 is 0 Å². The first kappa shape index (κ1) is 26.8. The van der Waals surface area contributed by atoms with Crippen LogP contribution in [0.2, 0.25) is 10.0 Å². The van der Waals surface area contributed by atoms with E-state index in [2.05, 4.69) is 4.72 Å². The van der Waals surface area contributed by atoms with E-state index in [4.69, 9.17) is 33.1 Å². The molecule has 0 bridgehead atoms. The van der Waals surface area contributed by atoms with Crippen molar-refractivity contribution < 1.29 is 26.4 Å². The van der Waals surface area contributed by atoms with Crippen molar-refractivity contribution in [3.05, 3.63) is 82.3 Å². The van der Waals surface area contributed by atoms with E-state index in [1.807, 2.05) is 0 Å². The number of carbonyl (C=O) groups excluding carboxylic acids is 1. The molecule has 0 saturated heterocycles. The monoisotopic (exact) mass is 557 g/mol. The van der Waals surface area contributed by atoms with Gasteiger partial charge >= 0.3 is 0 Å². The molecule has 1 amide bonds. The Kier molecular flexibility index (Phi) is 8.29. The molecule has 186 valence electrons. The molecule has 13 heteroatoms. The minimum Gasteiger partial charge on any atom is -0.456 e. The van der Waals surface area contributed by atoms with Crippen molar-refractivity contribution in [3.8, 4) is 11.5 Å². The molecule has 0 fully saturated rings. The Hall–Kier alpha value is -2.83. The van der Waals surface area contributed by atoms with Gasteiger partial charge in [0.1, 0.15) is 11.5 Å². The minimum absolute atomic E-state index is 0.0294. The Balaban J connectivity index is 1.81. The van der Waals surface area contributed by atoms with Crippen LogP contribution in [-0.4, -0.2) is 47.0 Å². The summed E-state index contributed by atoms with van der Waals surface area (Å²) in [5, 5.41) is 5.59. The highest BCUT2D eigenvalue weighted by molar-refractivity contribution is 7.92. The molecule has 0 saturated carbocycles. The number of amides is 1. The van der Waals surface area contributed by atoms with Crippen molar-refractivity contribution in [2.75, 3.05) is 24.1 Å². The number of ether oxygens (including phenoxy) is 1. The number of hydrogen-bond donors (Lipinski definition) is 2. The zero-order chi connectivity index (χ0) is 25.8. The molecule has 9 nitrogen and oxygen atoms in total. The third kappa shape index (κ3) is 7.33. The Bertz CT molecular complexity index is 1450. The number of nitrogens with two attached hydrogens (primary N) is 1. The van der Waals surface area contributed by atoms with Crippen LogP contribution < -0.4 is 14.6 Å². The summed E-state index contributed by atoms with van der Waals surface area (Å²) in [6, 6.07) is 16.5. The van der Waals surface area contributed by atoms with Crippen molar-refractivity contribution in [3.63, 3.8) is 0 Å². The first-order valence-corrected chi connectivity index (χ1v) is 13.9. The molecule has 0 spiro atoms. The van der Waals surface area contributed by atoms with Gasteiger partial charge in [-0.05, 0) is 54.6 Å². The van der Waals surface area contributed by atoms with Gasteiger partial charge in [0.15, 0.2) is 0 Å². The van der Waals surface area contributed by atoms with Crippen LogP contribution in [0.5, 0.6) is 11.5 Å². The molecule has 3 rings (SSSR count). The summed E-state index contributed by atoms with van der Waals surface area (Å²) in [6.07, 6.45) is 0. The first-order valence-electron chi connectivity index (χ1n) is 9.96. The second-order valence-electron chi connectivity index (χ2n) is 7.39. The maximum absolute atomic E-state index is 13.0. The van der Waals surface area contributed by atoms with Crippen LogP contribution in [0, 0.1) is 0 Å². The van der Waals surface area contributed by atoms with Gasteiger partial charge in [0.2, 0.25) is 10.0 Å². The highest BCUT2D eigenvalue weighted by Gasteiger charge is 2.22. The fourth-order valence-electron chi connectivity index (χ4n) is 2.90. The van der Waals surface area contributed by atoms with E-state index in [1.165, 1.54) is 49.5 Å². The van der Waals surface area contributed by atoms with Crippen LogP contribution in [-0.2, 0) is 20.0 Å². The van der Waals surface area contributed by atoms with Gasteiger partial charge in [0.05, 0.1) is 26.9 Å². The molecule has 3 aromatic carbocycles. The third-order valence-electron chi connectivity index (χ3n) is 4.71. The summed E-state index contributed by atoms with van der Waals surface area (Å²) in [5.41, 5.74) is -0.0880. The van der Waals surface area contributed by atoms with Gasteiger partial charge in [0.25, 0.3) is 15.9 Å². The molecular weight excluding hydrogens is 537 g/mol. The van der Waals surface area contributed by atoms with Gasteiger partial charge in [-0.15, -0.1) is 0 Å². The predicted molar refractivity (Wildman–Crippen MR) is 135 cm³/mol. The number of sulfonamides is 2. The van der Waals surface area contributed by atoms with Gasteiger partial charge in [-0.3, -0.25) is 9.52 Å². The standard InChI is InChI=1S/C22H21Cl2N3O6S2/c1-27(12-13-34(25,29)30)22(28)18-14-15(23)6-11-20(18)26-35(31,32)17-9-7-16(8-10-17)33-21-5-3-2-4-19(21)24/h2-11,14,26H,12-13H2,1H3,(H2,25,29,30). The Morgan fingerprint density at radius 3 is 2.29 bits per heavy atom.